The fraction of sp³-hybridized carbons (Fsp3) is 0.611. The Hall–Kier alpha value is -2.23. The number of rotatable bonds is 7. The SMILES string of the molecule is CNCCC(=O)N(C)C[C@H]1C[C@@H](n2ccc3c(NC)ncnc32)[C@H](O)[C@@H]1O. The van der Waals surface area contributed by atoms with E-state index in [2.05, 4.69) is 20.6 Å². The molecule has 1 amide bonds. The summed E-state index contributed by atoms with van der Waals surface area (Å²) in [5, 5.41) is 28.0. The summed E-state index contributed by atoms with van der Waals surface area (Å²) in [6.07, 6.45) is 2.51. The normalized spacial score (nSPS) is 25.1. The maximum atomic E-state index is 12.1. The molecule has 4 atom stereocenters. The standard InChI is InChI=1S/C18H28N6O3/c1-19-6-4-14(25)23(3)9-11-8-13(16(27)15(11)26)24-7-5-12-17(20-2)21-10-22-18(12)24/h5,7,10-11,13,15-16,19,26-27H,4,6,8-9H2,1-3H3,(H,20,21,22)/t11-,13-,15-,16+/m1/s1. The molecule has 0 aromatic carbocycles. The lowest BCUT2D eigenvalue weighted by Crippen LogP contribution is -2.37. The Morgan fingerprint density at radius 2 is 2.11 bits per heavy atom. The summed E-state index contributed by atoms with van der Waals surface area (Å²) >= 11 is 0. The lowest BCUT2D eigenvalue weighted by Gasteiger charge is -2.23. The predicted octanol–water partition coefficient (Wildman–Crippen LogP) is -0.176. The molecule has 9 heteroatoms. The molecule has 1 fully saturated rings. The zero-order valence-electron chi connectivity index (χ0n) is 16.0. The molecule has 2 aromatic rings. The molecule has 1 saturated carbocycles. The van der Waals surface area contributed by atoms with Gasteiger partial charge >= 0.3 is 0 Å². The third-order valence-corrected chi connectivity index (χ3v) is 5.40. The van der Waals surface area contributed by atoms with Crippen LogP contribution in [0.15, 0.2) is 18.6 Å². The van der Waals surface area contributed by atoms with E-state index in [-0.39, 0.29) is 17.9 Å². The van der Waals surface area contributed by atoms with Crippen LogP contribution in [0.3, 0.4) is 0 Å². The van der Waals surface area contributed by atoms with Gasteiger partial charge in [0.05, 0.1) is 17.5 Å². The third kappa shape index (κ3) is 3.76. The third-order valence-electron chi connectivity index (χ3n) is 5.40. The maximum Gasteiger partial charge on any atom is 0.223 e. The van der Waals surface area contributed by atoms with Crippen molar-refractivity contribution in [1.29, 1.82) is 0 Å². The summed E-state index contributed by atoms with van der Waals surface area (Å²) in [5.41, 5.74) is 0.713. The molecule has 0 radical (unpaired) electrons. The molecule has 0 aliphatic heterocycles. The molecular weight excluding hydrogens is 348 g/mol. The van der Waals surface area contributed by atoms with Gasteiger partial charge in [-0.25, -0.2) is 9.97 Å². The fourth-order valence-electron chi connectivity index (χ4n) is 3.87. The Bertz CT molecular complexity index is 794. The second kappa shape index (κ2) is 8.20. The number of nitrogens with one attached hydrogen (secondary N) is 2. The number of carbonyl (C=O) groups excluding carboxylic acids is 1. The van der Waals surface area contributed by atoms with Crippen molar-refractivity contribution in [2.24, 2.45) is 5.92 Å². The largest absolute Gasteiger partial charge is 0.390 e. The zero-order chi connectivity index (χ0) is 19.6. The highest BCUT2D eigenvalue weighted by atomic mass is 16.3. The number of anilines is 1. The monoisotopic (exact) mass is 376 g/mol. The molecule has 9 nitrogen and oxygen atoms in total. The highest BCUT2D eigenvalue weighted by molar-refractivity contribution is 5.87. The first kappa shape index (κ1) is 19.5. The first-order valence-corrected chi connectivity index (χ1v) is 9.22. The van der Waals surface area contributed by atoms with Crippen molar-refractivity contribution in [1.82, 2.24) is 24.8 Å². The van der Waals surface area contributed by atoms with Crippen molar-refractivity contribution < 1.29 is 15.0 Å². The van der Waals surface area contributed by atoms with Gasteiger partial charge in [-0.2, -0.15) is 0 Å². The smallest absolute Gasteiger partial charge is 0.223 e. The summed E-state index contributed by atoms with van der Waals surface area (Å²) in [4.78, 5) is 22.3. The van der Waals surface area contributed by atoms with E-state index < -0.39 is 12.2 Å². The van der Waals surface area contributed by atoms with E-state index in [4.69, 9.17) is 0 Å². The van der Waals surface area contributed by atoms with Crippen LogP contribution in [0.4, 0.5) is 5.82 Å². The van der Waals surface area contributed by atoms with Crippen molar-refractivity contribution in [3.8, 4) is 0 Å². The average molecular weight is 376 g/mol. The highest BCUT2D eigenvalue weighted by Crippen LogP contribution is 2.38. The Balaban J connectivity index is 1.76. The number of hydrogen-bond acceptors (Lipinski definition) is 7. The Labute approximate surface area is 158 Å². The molecular formula is C18H28N6O3. The molecule has 2 heterocycles. The molecule has 1 aliphatic rings. The van der Waals surface area contributed by atoms with Crippen LogP contribution in [0.5, 0.6) is 0 Å². The van der Waals surface area contributed by atoms with E-state index >= 15 is 0 Å². The van der Waals surface area contributed by atoms with Crippen molar-refractivity contribution >= 4 is 22.8 Å². The molecule has 148 valence electrons. The van der Waals surface area contributed by atoms with Gasteiger partial charge in [0.15, 0.2) is 0 Å². The first-order chi connectivity index (χ1) is 13.0. The van der Waals surface area contributed by atoms with Gasteiger partial charge in [-0.3, -0.25) is 4.79 Å². The van der Waals surface area contributed by atoms with E-state index in [1.165, 1.54) is 6.33 Å². The van der Waals surface area contributed by atoms with Crippen molar-refractivity contribution in [2.75, 3.05) is 39.5 Å². The Morgan fingerprint density at radius 1 is 1.33 bits per heavy atom. The Morgan fingerprint density at radius 3 is 2.81 bits per heavy atom. The number of aliphatic hydroxyl groups is 2. The van der Waals surface area contributed by atoms with Crippen LogP contribution >= 0.6 is 0 Å². The number of fused-ring (bicyclic) bond motifs is 1. The van der Waals surface area contributed by atoms with Gasteiger partial charge in [-0.1, -0.05) is 0 Å². The van der Waals surface area contributed by atoms with Crippen molar-refractivity contribution in [2.45, 2.75) is 31.1 Å². The summed E-state index contributed by atoms with van der Waals surface area (Å²) in [6.45, 7) is 1.03. The quantitative estimate of drug-likeness (QED) is 0.530. The molecule has 0 saturated heterocycles. The van der Waals surface area contributed by atoms with E-state index in [0.717, 1.165) is 11.2 Å². The Kier molecular flexibility index (Phi) is 5.93. The number of nitrogens with zero attached hydrogens (tertiary/aromatic N) is 4. The second-order valence-corrected chi connectivity index (χ2v) is 7.10. The average Bonchev–Trinajstić information content (AvgIpc) is 3.22. The zero-order valence-corrected chi connectivity index (χ0v) is 16.0. The van der Waals surface area contributed by atoms with Crippen molar-refractivity contribution in [3.05, 3.63) is 18.6 Å². The summed E-state index contributed by atoms with van der Waals surface area (Å²) in [5.74, 6) is 0.544. The number of amides is 1. The minimum atomic E-state index is -0.917. The molecule has 0 spiro atoms. The van der Waals surface area contributed by atoms with E-state index in [0.29, 0.717) is 31.6 Å². The minimum Gasteiger partial charge on any atom is -0.390 e. The van der Waals surface area contributed by atoms with Crippen molar-refractivity contribution in [3.63, 3.8) is 0 Å². The van der Waals surface area contributed by atoms with Crippen LogP contribution in [0.2, 0.25) is 0 Å². The highest BCUT2D eigenvalue weighted by Gasteiger charge is 2.43. The number of aliphatic hydroxyl groups excluding tert-OH is 2. The number of aromatic nitrogens is 3. The van der Waals surface area contributed by atoms with Gasteiger partial charge in [-0.05, 0) is 19.5 Å². The van der Waals surface area contributed by atoms with Gasteiger partial charge in [0.25, 0.3) is 0 Å². The lowest BCUT2D eigenvalue weighted by atomic mass is 10.0. The van der Waals surface area contributed by atoms with Crippen LogP contribution in [0.25, 0.3) is 11.0 Å². The van der Waals surface area contributed by atoms with Gasteiger partial charge in [0.1, 0.15) is 23.9 Å². The molecule has 0 unspecified atom stereocenters. The number of carbonyl (C=O) groups is 1. The summed E-state index contributed by atoms with van der Waals surface area (Å²) in [6, 6.07) is 1.60. The minimum absolute atomic E-state index is 0.0207. The topological polar surface area (TPSA) is 116 Å². The molecule has 2 aromatic heterocycles. The molecule has 1 aliphatic carbocycles. The van der Waals surface area contributed by atoms with E-state index in [1.807, 2.05) is 16.8 Å². The number of hydrogen-bond donors (Lipinski definition) is 4. The van der Waals surface area contributed by atoms with Gasteiger partial charge in [0.2, 0.25) is 5.91 Å². The summed E-state index contributed by atoms with van der Waals surface area (Å²) in [7, 11) is 5.34. The van der Waals surface area contributed by atoms with Crippen LogP contribution in [0, 0.1) is 5.92 Å². The van der Waals surface area contributed by atoms with E-state index in [1.54, 1.807) is 26.0 Å². The molecule has 4 N–H and O–H groups in total. The predicted molar refractivity (Wildman–Crippen MR) is 102 cm³/mol. The first-order valence-electron chi connectivity index (χ1n) is 9.22. The maximum absolute atomic E-state index is 12.1. The van der Waals surface area contributed by atoms with E-state index in [9.17, 15) is 15.0 Å². The van der Waals surface area contributed by atoms with Gasteiger partial charge in [-0.15, -0.1) is 0 Å². The van der Waals surface area contributed by atoms with Crippen LogP contribution in [-0.4, -0.2) is 82.0 Å². The van der Waals surface area contributed by atoms with Crippen LogP contribution < -0.4 is 10.6 Å². The van der Waals surface area contributed by atoms with Crippen LogP contribution in [0.1, 0.15) is 18.9 Å². The van der Waals surface area contributed by atoms with Crippen LogP contribution in [-0.2, 0) is 4.79 Å². The molecule has 0 bridgehead atoms. The summed E-state index contributed by atoms with van der Waals surface area (Å²) < 4.78 is 1.90. The lowest BCUT2D eigenvalue weighted by molar-refractivity contribution is -0.130. The van der Waals surface area contributed by atoms with Gasteiger partial charge < -0.3 is 30.3 Å². The molecule has 3 rings (SSSR count). The fourth-order valence-corrected chi connectivity index (χ4v) is 3.87. The second-order valence-electron chi connectivity index (χ2n) is 7.10. The van der Waals surface area contributed by atoms with Gasteiger partial charge in [0, 0.05) is 45.7 Å². The molecule has 27 heavy (non-hydrogen) atoms.